The van der Waals surface area contributed by atoms with Crippen molar-refractivity contribution in [2.75, 3.05) is 37.3 Å². The molecule has 2 amide bonds. The molecule has 2 rings (SSSR count). The molecule has 0 aromatic carbocycles. The third-order valence-electron chi connectivity index (χ3n) is 4.61. The van der Waals surface area contributed by atoms with Crippen LogP contribution in [0.1, 0.15) is 20.3 Å². The maximum absolute atomic E-state index is 12.8. The molecule has 0 aliphatic rings. The van der Waals surface area contributed by atoms with Crippen LogP contribution < -0.4 is 30.7 Å². The van der Waals surface area contributed by atoms with Gasteiger partial charge >= 0.3 is 6.18 Å². The van der Waals surface area contributed by atoms with Gasteiger partial charge in [-0.25, -0.2) is 4.98 Å². The van der Waals surface area contributed by atoms with Gasteiger partial charge in [0.2, 0.25) is 5.91 Å². The molecule has 0 saturated heterocycles. The van der Waals surface area contributed by atoms with E-state index in [0.29, 0.717) is 11.6 Å². The number of aromatic nitrogens is 2. The first-order valence-electron chi connectivity index (χ1n) is 10.9. The number of anilines is 2. The zero-order valence-corrected chi connectivity index (χ0v) is 20.7. The van der Waals surface area contributed by atoms with E-state index in [-0.39, 0.29) is 28.2 Å². The third kappa shape index (κ3) is 8.21. The predicted molar refractivity (Wildman–Crippen MR) is 130 cm³/mol. The normalized spacial score (nSPS) is 12.8. The van der Waals surface area contributed by atoms with Crippen molar-refractivity contribution in [1.29, 1.82) is 5.26 Å². The fourth-order valence-corrected chi connectivity index (χ4v) is 4.16. The summed E-state index contributed by atoms with van der Waals surface area (Å²) in [6, 6.07) is 6.43. The number of alkyl halides is 3. The lowest BCUT2D eigenvalue weighted by Crippen LogP contribution is -2.37. The molecule has 0 radical (unpaired) electrons. The van der Waals surface area contributed by atoms with Gasteiger partial charge in [0.15, 0.2) is 5.57 Å². The molecule has 2 aromatic heterocycles. The number of nitrogens with zero attached hydrogens (tertiary/aromatic N) is 4. The Morgan fingerprint density at radius 1 is 1.28 bits per heavy atom. The Morgan fingerprint density at radius 2 is 1.97 bits per heavy atom. The highest BCUT2D eigenvalue weighted by Crippen LogP contribution is 2.12. The van der Waals surface area contributed by atoms with E-state index in [1.807, 2.05) is 18.9 Å². The number of hydrogen-bond donors (Lipinski definition) is 3. The second kappa shape index (κ2) is 12.8. The number of likely N-dealkylation sites (N-methyl/N-ethyl adjacent to an activating group) is 1. The zero-order chi connectivity index (χ0) is 26.9. The van der Waals surface area contributed by atoms with Crippen LogP contribution in [0.3, 0.4) is 0 Å². The van der Waals surface area contributed by atoms with Crippen molar-refractivity contribution in [2.45, 2.75) is 33.0 Å². The summed E-state index contributed by atoms with van der Waals surface area (Å²) in [5, 5.41) is 16.5. The molecule has 0 atom stereocenters. The van der Waals surface area contributed by atoms with Crippen molar-refractivity contribution >= 4 is 46.6 Å². The van der Waals surface area contributed by atoms with Gasteiger partial charge in [0.05, 0.1) is 6.54 Å². The van der Waals surface area contributed by atoms with Crippen LogP contribution in [-0.4, -0.2) is 59.1 Å². The van der Waals surface area contributed by atoms with Gasteiger partial charge < -0.3 is 16.0 Å². The second-order valence-electron chi connectivity index (χ2n) is 7.59. The minimum Gasteiger partial charge on any atom is -0.345 e. The number of carbonyl (C=O) groups is 2. The van der Waals surface area contributed by atoms with E-state index in [0.717, 1.165) is 28.9 Å². The molecule has 3 N–H and O–H groups in total. The Morgan fingerprint density at radius 3 is 2.58 bits per heavy atom. The topological polar surface area (TPSA) is 132 Å². The fourth-order valence-electron chi connectivity index (χ4n) is 3.07. The van der Waals surface area contributed by atoms with Crippen molar-refractivity contribution < 1.29 is 22.8 Å². The van der Waals surface area contributed by atoms with E-state index in [1.165, 1.54) is 6.20 Å². The average molecular weight is 526 g/mol. The first-order valence-corrected chi connectivity index (χ1v) is 11.7. The summed E-state index contributed by atoms with van der Waals surface area (Å²) in [5.41, 5.74) is -1.14. The number of amides is 2. The van der Waals surface area contributed by atoms with Crippen molar-refractivity contribution in [2.24, 2.45) is 0 Å². The van der Waals surface area contributed by atoms with Gasteiger partial charge in [-0.2, -0.15) is 18.4 Å². The number of halogens is 3. The largest absolute Gasteiger partial charge is 0.405 e. The van der Waals surface area contributed by atoms with Crippen LogP contribution in [-0.2, 0) is 16.1 Å². The van der Waals surface area contributed by atoms with E-state index < -0.39 is 29.8 Å². The standard InChI is InChI=1S/C22H26F3N7O3S/c1-4-9-31(3)12-18(33)30-17-8-6-7-16(29-17)27-11-15-20(35)32(5-2)21(36-15)14(10-26)19(34)28-13-22(23,24)25/h6-8,11H,4-5,9,12-13H2,1-3H3,(H,28,34)(H2,27,29,30,33). The van der Waals surface area contributed by atoms with Crippen LogP contribution >= 0.6 is 11.3 Å². The van der Waals surface area contributed by atoms with Gasteiger partial charge in [-0.05, 0) is 39.1 Å². The van der Waals surface area contributed by atoms with Crippen molar-refractivity contribution in [3.8, 4) is 6.07 Å². The summed E-state index contributed by atoms with van der Waals surface area (Å²) >= 11 is 0.778. The summed E-state index contributed by atoms with van der Waals surface area (Å²) in [4.78, 5) is 43.2. The highest BCUT2D eigenvalue weighted by atomic mass is 32.1. The van der Waals surface area contributed by atoms with Crippen LogP contribution in [0.5, 0.6) is 0 Å². The van der Waals surface area contributed by atoms with Crippen molar-refractivity contribution in [3.63, 3.8) is 0 Å². The van der Waals surface area contributed by atoms with Crippen LogP contribution in [0.15, 0.2) is 23.0 Å². The van der Waals surface area contributed by atoms with E-state index >= 15 is 0 Å². The van der Waals surface area contributed by atoms with Gasteiger partial charge in [-0.3, -0.25) is 23.9 Å². The zero-order valence-electron chi connectivity index (χ0n) is 19.9. The lowest BCUT2D eigenvalue weighted by molar-refractivity contribution is -0.135. The monoisotopic (exact) mass is 525 g/mol. The highest BCUT2D eigenvalue weighted by Gasteiger charge is 2.28. The van der Waals surface area contributed by atoms with E-state index in [1.54, 1.807) is 36.5 Å². The van der Waals surface area contributed by atoms with E-state index in [9.17, 15) is 32.8 Å². The summed E-state index contributed by atoms with van der Waals surface area (Å²) in [6.07, 6.45) is -2.42. The molecule has 0 bridgehead atoms. The molecule has 2 aromatic rings. The van der Waals surface area contributed by atoms with E-state index in [4.69, 9.17) is 0 Å². The number of thiazole rings is 1. The summed E-state index contributed by atoms with van der Waals surface area (Å²) in [6.45, 7) is 3.06. The molecular weight excluding hydrogens is 499 g/mol. The minimum atomic E-state index is -4.65. The summed E-state index contributed by atoms with van der Waals surface area (Å²) in [5.74, 6) is -0.869. The molecule has 2 heterocycles. The van der Waals surface area contributed by atoms with Gasteiger partial charge in [0, 0.05) is 12.7 Å². The molecule has 0 aliphatic carbocycles. The average Bonchev–Trinajstić information content (AvgIpc) is 3.11. The Bertz CT molecular complexity index is 1310. The van der Waals surface area contributed by atoms with Crippen molar-refractivity contribution in [1.82, 2.24) is 19.8 Å². The van der Waals surface area contributed by atoms with Crippen LogP contribution in [0.2, 0.25) is 0 Å². The maximum atomic E-state index is 12.8. The quantitative estimate of drug-likeness (QED) is 0.418. The lowest BCUT2D eigenvalue weighted by atomic mass is 10.3. The van der Waals surface area contributed by atoms with E-state index in [2.05, 4.69) is 15.6 Å². The van der Waals surface area contributed by atoms with Gasteiger partial charge in [-0.15, -0.1) is 11.3 Å². The Balaban J connectivity index is 2.31. The number of nitriles is 1. The molecule has 0 fully saturated rings. The summed E-state index contributed by atoms with van der Waals surface area (Å²) < 4.78 is 38.5. The molecule has 10 nitrogen and oxygen atoms in total. The molecule has 0 saturated carbocycles. The van der Waals surface area contributed by atoms with Gasteiger partial charge in [-0.1, -0.05) is 13.0 Å². The minimum absolute atomic E-state index is 0.0668. The molecule has 36 heavy (non-hydrogen) atoms. The fraction of sp³-hybridized carbons (Fsp3) is 0.409. The first kappa shape index (κ1) is 28.5. The smallest absolute Gasteiger partial charge is 0.345 e. The number of rotatable bonds is 10. The SMILES string of the molecule is CCCN(C)CC(=O)Nc1cccc(NC=c2sc(=C(C#N)C(=O)NCC(F)(F)F)n(CC)c2=O)n1. The van der Waals surface area contributed by atoms with Crippen LogP contribution in [0.25, 0.3) is 11.8 Å². The Labute approximate surface area is 208 Å². The molecule has 0 aliphatic heterocycles. The maximum Gasteiger partial charge on any atom is 0.405 e. The van der Waals surface area contributed by atoms with Crippen LogP contribution in [0, 0.1) is 11.3 Å². The number of hydrogen-bond acceptors (Lipinski definition) is 8. The predicted octanol–water partition coefficient (Wildman–Crippen LogP) is 0.808. The molecule has 0 unspecified atom stereocenters. The molecular formula is C22H26F3N7O3S. The third-order valence-corrected chi connectivity index (χ3v) is 5.74. The van der Waals surface area contributed by atoms with Crippen molar-refractivity contribution in [3.05, 3.63) is 37.7 Å². The number of nitrogens with one attached hydrogen (secondary N) is 3. The first-order chi connectivity index (χ1) is 17.0. The van der Waals surface area contributed by atoms with Crippen LogP contribution in [0.4, 0.5) is 24.8 Å². The van der Waals surface area contributed by atoms with Gasteiger partial charge in [0.1, 0.15) is 33.4 Å². The summed E-state index contributed by atoms with van der Waals surface area (Å²) in [7, 11) is 1.83. The lowest BCUT2D eigenvalue weighted by Gasteiger charge is -2.14. The second-order valence-corrected chi connectivity index (χ2v) is 8.62. The molecule has 194 valence electrons. The highest BCUT2D eigenvalue weighted by molar-refractivity contribution is 7.07. The van der Waals surface area contributed by atoms with Gasteiger partial charge in [0.25, 0.3) is 11.5 Å². The number of pyridine rings is 1. The Kier molecular flexibility index (Phi) is 10.2. The Hall–Kier alpha value is -3.70. The number of carbonyl (C=O) groups excluding carboxylic acids is 2. The molecule has 14 heteroatoms. The molecule has 0 spiro atoms.